The van der Waals surface area contributed by atoms with Gasteiger partial charge in [0.1, 0.15) is 5.69 Å². The highest BCUT2D eigenvalue weighted by Gasteiger charge is 2.32. The maximum Gasteiger partial charge on any atom is 0.271 e. The summed E-state index contributed by atoms with van der Waals surface area (Å²) in [7, 11) is 0. The Morgan fingerprint density at radius 3 is 2.87 bits per heavy atom. The number of carbonyl (C=O) groups excluding carboxylic acids is 1. The van der Waals surface area contributed by atoms with Crippen molar-refractivity contribution >= 4 is 5.91 Å². The third-order valence-corrected chi connectivity index (χ3v) is 4.29. The lowest BCUT2D eigenvalue weighted by Crippen LogP contribution is -2.44. The summed E-state index contributed by atoms with van der Waals surface area (Å²) in [6, 6.07) is 2.88. The van der Waals surface area contributed by atoms with Crippen molar-refractivity contribution < 1.29 is 9.53 Å². The number of nitrogens with zero attached hydrogens (tertiary/aromatic N) is 2. The summed E-state index contributed by atoms with van der Waals surface area (Å²) < 4.78 is 7.17. The van der Waals surface area contributed by atoms with Crippen LogP contribution in [0.4, 0.5) is 0 Å². The molecule has 1 aliphatic heterocycles. The third-order valence-electron chi connectivity index (χ3n) is 4.29. The van der Waals surface area contributed by atoms with Crippen LogP contribution in [0.15, 0.2) is 16.9 Å². The highest BCUT2D eigenvalue weighted by molar-refractivity contribution is 5.92. The monoisotopic (exact) mass is 321 g/mol. The fourth-order valence-electron chi connectivity index (χ4n) is 2.81. The quantitative estimate of drug-likeness (QED) is 0.869. The molecule has 6 nitrogen and oxygen atoms in total. The zero-order valence-electron chi connectivity index (χ0n) is 14.3. The van der Waals surface area contributed by atoms with Crippen molar-refractivity contribution in [2.24, 2.45) is 5.41 Å². The number of aromatic nitrogens is 2. The number of ether oxygens (including phenoxy) is 1. The summed E-state index contributed by atoms with van der Waals surface area (Å²) in [4.78, 5) is 24.0. The van der Waals surface area contributed by atoms with Crippen LogP contribution < -0.4 is 10.9 Å². The van der Waals surface area contributed by atoms with E-state index in [2.05, 4.69) is 24.3 Å². The van der Waals surface area contributed by atoms with Crippen LogP contribution in [-0.2, 0) is 11.3 Å². The van der Waals surface area contributed by atoms with E-state index in [1.807, 2.05) is 6.92 Å². The van der Waals surface area contributed by atoms with E-state index in [0.717, 1.165) is 25.9 Å². The minimum atomic E-state index is -0.251. The Morgan fingerprint density at radius 2 is 2.22 bits per heavy atom. The van der Waals surface area contributed by atoms with Gasteiger partial charge < -0.3 is 10.1 Å². The maximum atomic E-state index is 12.3. The molecule has 0 spiro atoms. The van der Waals surface area contributed by atoms with Gasteiger partial charge in [0.15, 0.2) is 0 Å². The minimum Gasteiger partial charge on any atom is -0.378 e. The summed E-state index contributed by atoms with van der Waals surface area (Å²) in [6.45, 7) is 8.01. The molecule has 0 radical (unpaired) electrons. The Morgan fingerprint density at radius 1 is 1.43 bits per heavy atom. The van der Waals surface area contributed by atoms with Crippen molar-refractivity contribution in [3.05, 3.63) is 28.2 Å². The Balaban J connectivity index is 1.98. The standard InChI is InChI=1S/C17H27N3O3/c1-4-10-20-15(21)9-8-13(19-20)16(22)18-12-17(2,3)14-7-5-6-11-23-14/h8-9,14H,4-7,10-12H2,1-3H3,(H,18,22). The molecule has 128 valence electrons. The summed E-state index contributed by atoms with van der Waals surface area (Å²) in [5.41, 5.74) is -0.0359. The largest absolute Gasteiger partial charge is 0.378 e. The van der Waals surface area contributed by atoms with Crippen molar-refractivity contribution in [2.45, 2.75) is 59.1 Å². The second-order valence-corrected chi connectivity index (χ2v) is 6.81. The molecule has 0 saturated carbocycles. The van der Waals surface area contributed by atoms with Crippen LogP contribution in [0.25, 0.3) is 0 Å². The van der Waals surface area contributed by atoms with Gasteiger partial charge in [-0.05, 0) is 31.7 Å². The van der Waals surface area contributed by atoms with Crippen LogP contribution in [0.2, 0.25) is 0 Å². The first-order valence-corrected chi connectivity index (χ1v) is 8.42. The number of carbonyl (C=O) groups is 1. The molecule has 2 heterocycles. The molecule has 1 atom stereocenters. The zero-order valence-corrected chi connectivity index (χ0v) is 14.3. The molecular weight excluding hydrogens is 294 g/mol. The molecule has 1 fully saturated rings. The molecule has 0 aliphatic carbocycles. The lowest BCUT2D eigenvalue weighted by atomic mass is 9.82. The van der Waals surface area contributed by atoms with E-state index in [0.29, 0.717) is 13.1 Å². The molecule has 1 saturated heterocycles. The predicted octanol–water partition coefficient (Wildman–Crippen LogP) is 1.98. The van der Waals surface area contributed by atoms with Gasteiger partial charge in [-0.3, -0.25) is 9.59 Å². The topological polar surface area (TPSA) is 73.2 Å². The Bertz CT molecular complexity index is 589. The number of hydrogen-bond donors (Lipinski definition) is 1. The Hall–Kier alpha value is -1.69. The molecule has 1 N–H and O–H groups in total. The fourth-order valence-corrected chi connectivity index (χ4v) is 2.81. The smallest absolute Gasteiger partial charge is 0.271 e. The Kier molecular flexibility index (Phi) is 5.93. The summed E-state index contributed by atoms with van der Waals surface area (Å²) in [5.74, 6) is -0.251. The number of rotatable bonds is 6. The van der Waals surface area contributed by atoms with E-state index in [1.54, 1.807) is 0 Å². The lowest BCUT2D eigenvalue weighted by Gasteiger charge is -2.36. The normalized spacial score (nSPS) is 18.7. The van der Waals surface area contributed by atoms with E-state index < -0.39 is 0 Å². The van der Waals surface area contributed by atoms with Gasteiger partial charge in [0, 0.05) is 31.2 Å². The maximum absolute atomic E-state index is 12.3. The number of amides is 1. The first kappa shape index (κ1) is 17.7. The molecule has 6 heteroatoms. The lowest BCUT2D eigenvalue weighted by molar-refractivity contribution is -0.0531. The molecule has 2 rings (SSSR count). The zero-order chi connectivity index (χ0) is 16.9. The van der Waals surface area contributed by atoms with Crippen LogP contribution in [0.3, 0.4) is 0 Å². The van der Waals surface area contributed by atoms with Gasteiger partial charge in [-0.25, -0.2) is 4.68 Å². The van der Waals surface area contributed by atoms with E-state index in [4.69, 9.17) is 4.74 Å². The molecule has 1 amide bonds. The minimum absolute atomic E-state index is 0.131. The van der Waals surface area contributed by atoms with Gasteiger partial charge in [0.05, 0.1) is 6.10 Å². The summed E-state index contributed by atoms with van der Waals surface area (Å²) in [6.07, 6.45) is 4.28. The molecule has 0 aromatic carbocycles. The third kappa shape index (κ3) is 4.64. The van der Waals surface area contributed by atoms with Gasteiger partial charge in [0.25, 0.3) is 11.5 Å². The van der Waals surface area contributed by atoms with Crippen LogP contribution in [0, 0.1) is 5.41 Å². The molecule has 23 heavy (non-hydrogen) atoms. The summed E-state index contributed by atoms with van der Waals surface area (Å²) in [5, 5.41) is 7.06. The molecule has 0 bridgehead atoms. The van der Waals surface area contributed by atoms with E-state index in [-0.39, 0.29) is 28.7 Å². The average molecular weight is 321 g/mol. The number of nitrogens with one attached hydrogen (secondary N) is 1. The highest BCUT2D eigenvalue weighted by atomic mass is 16.5. The van der Waals surface area contributed by atoms with Crippen molar-refractivity contribution in [1.29, 1.82) is 0 Å². The van der Waals surface area contributed by atoms with Gasteiger partial charge in [-0.15, -0.1) is 0 Å². The molecule has 1 aromatic rings. The number of aryl methyl sites for hydroxylation is 1. The first-order valence-electron chi connectivity index (χ1n) is 8.42. The first-order chi connectivity index (χ1) is 10.9. The highest BCUT2D eigenvalue weighted by Crippen LogP contribution is 2.29. The van der Waals surface area contributed by atoms with Crippen LogP contribution >= 0.6 is 0 Å². The molecule has 1 aliphatic rings. The van der Waals surface area contributed by atoms with Crippen molar-refractivity contribution in [3.63, 3.8) is 0 Å². The van der Waals surface area contributed by atoms with Gasteiger partial charge in [-0.1, -0.05) is 20.8 Å². The van der Waals surface area contributed by atoms with Gasteiger partial charge in [0.2, 0.25) is 0 Å². The van der Waals surface area contributed by atoms with Crippen molar-refractivity contribution in [1.82, 2.24) is 15.1 Å². The van der Waals surface area contributed by atoms with E-state index >= 15 is 0 Å². The van der Waals surface area contributed by atoms with Crippen LogP contribution in [-0.4, -0.2) is 34.9 Å². The van der Waals surface area contributed by atoms with Crippen LogP contribution in [0.5, 0.6) is 0 Å². The molecular formula is C17H27N3O3. The fraction of sp³-hybridized carbons (Fsp3) is 0.706. The van der Waals surface area contributed by atoms with E-state index in [9.17, 15) is 9.59 Å². The second kappa shape index (κ2) is 7.73. The summed E-state index contributed by atoms with van der Waals surface area (Å²) >= 11 is 0. The SMILES string of the molecule is CCCn1nc(C(=O)NCC(C)(C)C2CCCCO2)ccc1=O. The average Bonchev–Trinajstić information content (AvgIpc) is 2.56. The van der Waals surface area contributed by atoms with Gasteiger partial charge in [-0.2, -0.15) is 5.10 Å². The van der Waals surface area contributed by atoms with Gasteiger partial charge >= 0.3 is 0 Å². The Labute approximate surface area is 137 Å². The van der Waals surface area contributed by atoms with E-state index in [1.165, 1.54) is 23.2 Å². The van der Waals surface area contributed by atoms with Crippen molar-refractivity contribution in [3.8, 4) is 0 Å². The molecule has 1 aromatic heterocycles. The predicted molar refractivity (Wildman–Crippen MR) is 88.5 cm³/mol. The van der Waals surface area contributed by atoms with Crippen molar-refractivity contribution in [2.75, 3.05) is 13.2 Å². The van der Waals surface area contributed by atoms with Crippen LogP contribution in [0.1, 0.15) is 56.9 Å². The molecule has 1 unspecified atom stereocenters. The second-order valence-electron chi connectivity index (χ2n) is 6.81. The number of hydrogen-bond acceptors (Lipinski definition) is 4.